The van der Waals surface area contributed by atoms with Crippen LogP contribution in [-0.2, 0) is 18.3 Å². The summed E-state index contributed by atoms with van der Waals surface area (Å²) in [7, 11) is 3.75. The Labute approximate surface area is 123 Å². The molecule has 106 valence electrons. The third-order valence-electron chi connectivity index (χ3n) is 3.03. The molecule has 0 aliphatic heterocycles. The smallest absolute Gasteiger partial charge is 0.232 e. The van der Waals surface area contributed by atoms with Crippen LogP contribution in [0, 0.1) is 0 Å². The number of likely N-dealkylation sites (N-methyl/N-ethyl adjacent to an activating group) is 1. The van der Waals surface area contributed by atoms with Gasteiger partial charge in [0.15, 0.2) is 0 Å². The van der Waals surface area contributed by atoms with E-state index in [1.165, 1.54) is 0 Å². The van der Waals surface area contributed by atoms with Gasteiger partial charge in [0.25, 0.3) is 0 Å². The second-order valence-corrected chi connectivity index (χ2v) is 5.74. The van der Waals surface area contributed by atoms with Crippen molar-refractivity contribution in [3.63, 3.8) is 0 Å². The molecule has 2 rings (SSSR count). The minimum absolute atomic E-state index is 0.155. The van der Waals surface area contributed by atoms with Gasteiger partial charge in [-0.05, 0) is 24.1 Å². The highest BCUT2D eigenvalue weighted by Crippen LogP contribution is 2.17. The van der Waals surface area contributed by atoms with E-state index in [0.29, 0.717) is 5.75 Å². The van der Waals surface area contributed by atoms with Crippen LogP contribution in [0.2, 0.25) is 0 Å². The molecule has 0 radical (unpaired) electrons. The summed E-state index contributed by atoms with van der Waals surface area (Å²) in [6.45, 7) is 0.722. The van der Waals surface area contributed by atoms with Gasteiger partial charge in [0, 0.05) is 31.7 Å². The van der Waals surface area contributed by atoms with Gasteiger partial charge >= 0.3 is 0 Å². The maximum Gasteiger partial charge on any atom is 0.232 e. The van der Waals surface area contributed by atoms with E-state index in [9.17, 15) is 4.79 Å². The maximum absolute atomic E-state index is 12.0. The van der Waals surface area contributed by atoms with E-state index in [0.717, 1.165) is 23.4 Å². The minimum atomic E-state index is 0.155. The van der Waals surface area contributed by atoms with Gasteiger partial charge in [-0.2, -0.15) is 5.10 Å². The summed E-state index contributed by atoms with van der Waals surface area (Å²) in [5.74, 6) is 0.635. The van der Waals surface area contributed by atoms with E-state index >= 15 is 0 Å². The van der Waals surface area contributed by atoms with Crippen LogP contribution in [0.3, 0.4) is 0 Å². The zero-order valence-corrected chi connectivity index (χ0v) is 12.6. The third kappa shape index (κ3) is 4.42. The molecule has 0 fully saturated rings. The number of nitrogens with zero attached hydrogens (tertiary/aromatic N) is 3. The Hall–Kier alpha value is -1.75. The molecule has 2 aromatic rings. The second-order valence-electron chi connectivity index (χ2n) is 4.69. The van der Waals surface area contributed by atoms with Gasteiger partial charge in [-0.25, -0.2) is 0 Å². The predicted molar refractivity (Wildman–Crippen MR) is 81.7 cm³/mol. The average Bonchev–Trinajstić information content (AvgIpc) is 2.89. The Kier molecular flexibility index (Phi) is 5.24. The molecule has 0 saturated carbocycles. The topological polar surface area (TPSA) is 38.1 Å². The average molecular weight is 289 g/mol. The van der Waals surface area contributed by atoms with Crippen molar-refractivity contribution < 1.29 is 4.79 Å². The van der Waals surface area contributed by atoms with E-state index in [4.69, 9.17) is 0 Å². The van der Waals surface area contributed by atoms with Crippen molar-refractivity contribution >= 4 is 17.7 Å². The molecule has 0 atom stereocenters. The summed E-state index contributed by atoms with van der Waals surface area (Å²) in [6, 6.07) is 9.99. The monoisotopic (exact) mass is 289 g/mol. The molecule has 0 aliphatic carbocycles. The highest BCUT2D eigenvalue weighted by molar-refractivity contribution is 8.00. The summed E-state index contributed by atoms with van der Waals surface area (Å²) in [5.41, 5.74) is 1.16. The van der Waals surface area contributed by atoms with Gasteiger partial charge in [-0.3, -0.25) is 9.48 Å². The first-order chi connectivity index (χ1) is 9.65. The zero-order valence-electron chi connectivity index (χ0n) is 11.8. The Bertz CT molecular complexity index is 553. The zero-order chi connectivity index (χ0) is 14.4. The lowest BCUT2D eigenvalue weighted by atomic mass is 10.2. The second kappa shape index (κ2) is 7.14. The Morgan fingerprint density at radius 2 is 2.10 bits per heavy atom. The number of amides is 1. The molecule has 0 spiro atoms. The minimum Gasteiger partial charge on any atom is -0.345 e. The van der Waals surface area contributed by atoms with Crippen molar-refractivity contribution in [2.75, 3.05) is 19.3 Å². The van der Waals surface area contributed by atoms with Gasteiger partial charge in [0.1, 0.15) is 0 Å². The van der Waals surface area contributed by atoms with E-state index in [-0.39, 0.29) is 5.91 Å². The molecule has 0 saturated heterocycles. The molecule has 1 amide bonds. The first-order valence-corrected chi connectivity index (χ1v) is 7.53. The van der Waals surface area contributed by atoms with Gasteiger partial charge in [-0.15, -0.1) is 11.8 Å². The molecule has 20 heavy (non-hydrogen) atoms. The van der Waals surface area contributed by atoms with Crippen molar-refractivity contribution in [3.05, 3.63) is 48.3 Å². The SMILES string of the molecule is CN(CCc1cnn(C)c1)C(=O)CSc1ccccc1. The lowest BCUT2D eigenvalue weighted by molar-refractivity contribution is -0.127. The Morgan fingerprint density at radius 1 is 1.35 bits per heavy atom. The summed E-state index contributed by atoms with van der Waals surface area (Å²) in [4.78, 5) is 14.9. The standard InChI is InChI=1S/C15H19N3OS/c1-17(9-8-13-10-16-18(2)11-13)15(19)12-20-14-6-4-3-5-7-14/h3-7,10-11H,8-9,12H2,1-2H3. The largest absolute Gasteiger partial charge is 0.345 e. The fourth-order valence-corrected chi connectivity index (χ4v) is 2.65. The molecule has 1 aromatic carbocycles. The van der Waals surface area contributed by atoms with Crippen molar-refractivity contribution in [3.8, 4) is 0 Å². The molecule has 1 aromatic heterocycles. The fourth-order valence-electron chi connectivity index (χ4n) is 1.79. The van der Waals surface area contributed by atoms with Crippen LogP contribution in [0.15, 0.2) is 47.6 Å². The molecule has 4 nitrogen and oxygen atoms in total. The highest BCUT2D eigenvalue weighted by atomic mass is 32.2. The van der Waals surface area contributed by atoms with Crippen molar-refractivity contribution in [1.82, 2.24) is 14.7 Å². The highest BCUT2D eigenvalue weighted by Gasteiger charge is 2.09. The van der Waals surface area contributed by atoms with Crippen LogP contribution < -0.4 is 0 Å². The van der Waals surface area contributed by atoms with Gasteiger partial charge in [0.05, 0.1) is 11.9 Å². The molecule has 0 aliphatic rings. The number of aryl methyl sites for hydroxylation is 1. The first-order valence-electron chi connectivity index (χ1n) is 6.54. The van der Waals surface area contributed by atoms with E-state index in [1.807, 2.05) is 56.8 Å². The quantitative estimate of drug-likeness (QED) is 0.765. The van der Waals surface area contributed by atoms with Crippen LogP contribution in [0.25, 0.3) is 0 Å². The molecular formula is C15H19N3OS. The Balaban J connectivity index is 1.74. The third-order valence-corrected chi connectivity index (χ3v) is 4.02. The van der Waals surface area contributed by atoms with Crippen molar-refractivity contribution in [2.45, 2.75) is 11.3 Å². The molecule has 1 heterocycles. The maximum atomic E-state index is 12.0. The number of hydrogen-bond donors (Lipinski definition) is 0. The van der Waals surface area contributed by atoms with Crippen LogP contribution in [0.1, 0.15) is 5.56 Å². The van der Waals surface area contributed by atoms with Crippen LogP contribution >= 0.6 is 11.8 Å². The van der Waals surface area contributed by atoms with E-state index < -0.39 is 0 Å². The number of aromatic nitrogens is 2. The van der Waals surface area contributed by atoms with Crippen molar-refractivity contribution in [1.29, 1.82) is 0 Å². The Morgan fingerprint density at radius 3 is 2.75 bits per heavy atom. The number of carbonyl (C=O) groups excluding carboxylic acids is 1. The summed E-state index contributed by atoms with van der Waals surface area (Å²) < 4.78 is 1.78. The summed E-state index contributed by atoms with van der Waals surface area (Å²) >= 11 is 1.57. The van der Waals surface area contributed by atoms with Crippen LogP contribution in [0.4, 0.5) is 0 Å². The van der Waals surface area contributed by atoms with E-state index in [1.54, 1.807) is 21.3 Å². The van der Waals surface area contributed by atoms with Gasteiger partial charge in [-0.1, -0.05) is 18.2 Å². The first kappa shape index (κ1) is 14.7. The lowest BCUT2D eigenvalue weighted by Crippen LogP contribution is -2.30. The van der Waals surface area contributed by atoms with Gasteiger partial charge < -0.3 is 4.90 Å². The number of carbonyl (C=O) groups is 1. The van der Waals surface area contributed by atoms with Crippen LogP contribution in [-0.4, -0.2) is 39.9 Å². The van der Waals surface area contributed by atoms with Gasteiger partial charge in [0.2, 0.25) is 5.91 Å². The summed E-state index contributed by atoms with van der Waals surface area (Å²) in [6.07, 6.45) is 4.67. The molecule has 0 bridgehead atoms. The molecule has 0 N–H and O–H groups in total. The van der Waals surface area contributed by atoms with Crippen molar-refractivity contribution in [2.24, 2.45) is 7.05 Å². The number of hydrogen-bond acceptors (Lipinski definition) is 3. The number of rotatable bonds is 6. The predicted octanol–water partition coefficient (Wildman–Crippen LogP) is 2.21. The lowest BCUT2D eigenvalue weighted by Gasteiger charge is -2.16. The fraction of sp³-hybridized carbons (Fsp3) is 0.333. The molecular weight excluding hydrogens is 270 g/mol. The molecule has 5 heteroatoms. The van der Waals surface area contributed by atoms with E-state index in [2.05, 4.69) is 5.10 Å². The normalized spacial score (nSPS) is 10.5. The number of benzene rings is 1. The van der Waals surface area contributed by atoms with Crippen LogP contribution in [0.5, 0.6) is 0 Å². The number of thioether (sulfide) groups is 1. The molecule has 0 unspecified atom stereocenters. The summed E-state index contributed by atoms with van der Waals surface area (Å²) in [5, 5.41) is 4.12.